The van der Waals surface area contributed by atoms with E-state index in [0.717, 1.165) is 5.56 Å². The van der Waals surface area contributed by atoms with Gasteiger partial charge < -0.3 is 5.73 Å². The van der Waals surface area contributed by atoms with E-state index in [1.165, 1.54) is 0 Å². The van der Waals surface area contributed by atoms with Gasteiger partial charge in [-0.3, -0.25) is 14.9 Å². The number of hydrogen-bond donors (Lipinski definition) is 2. The third-order valence-corrected chi connectivity index (χ3v) is 1.80. The van der Waals surface area contributed by atoms with Crippen molar-refractivity contribution in [2.45, 2.75) is 0 Å². The first-order chi connectivity index (χ1) is 6.77. The number of nitrogens with one attached hydrogen (secondary N) is 1. The van der Waals surface area contributed by atoms with Crippen LogP contribution in [0.15, 0.2) is 30.6 Å². The Morgan fingerprint density at radius 2 is 2.36 bits per heavy atom. The number of carbonyl (C=O) groups excluding carboxylic acids is 1. The molecular formula is C9H8N4O. The molecule has 0 bridgehead atoms. The minimum atomic E-state index is -0.521. The van der Waals surface area contributed by atoms with Crippen LogP contribution in [-0.4, -0.2) is 21.1 Å². The molecule has 2 aromatic rings. The van der Waals surface area contributed by atoms with Crippen molar-refractivity contribution in [3.63, 3.8) is 0 Å². The van der Waals surface area contributed by atoms with Crippen LogP contribution in [0.25, 0.3) is 11.3 Å². The van der Waals surface area contributed by atoms with Crippen molar-refractivity contribution in [2.24, 2.45) is 5.73 Å². The normalized spacial score (nSPS) is 10.0. The highest BCUT2D eigenvalue weighted by Crippen LogP contribution is 2.15. The Kier molecular flexibility index (Phi) is 1.98. The SMILES string of the molecule is NC(=O)c1cc(-c2cccnc2)n[nH]1. The number of amides is 1. The molecule has 0 aromatic carbocycles. The monoisotopic (exact) mass is 188 g/mol. The molecule has 0 aliphatic carbocycles. The highest BCUT2D eigenvalue weighted by atomic mass is 16.1. The van der Waals surface area contributed by atoms with Crippen LogP contribution < -0.4 is 5.73 Å². The lowest BCUT2D eigenvalue weighted by Crippen LogP contribution is -2.10. The smallest absolute Gasteiger partial charge is 0.266 e. The molecule has 2 heterocycles. The fraction of sp³-hybridized carbons (Fsp3) is 0. The number of aromatic amines is 1. The molecule has 70 valence electrons. The summed E-state index contributed by atoms with van der Waals surface area (Å²) >= 11 is 0. The summed E-state index contributed by atoms with van der Waals surface area (Å²) in [5, 5.41) is 6.49. The van der Waals surface area contributed by atoms with E-state index in [1.54, 1.807) is 24.5 Å². The van der Waals surface area contributed by atoms with Gasteiger partial charge in [-0.25, -0.2) is 0 Å². The van der Waals surface area contributed by atoms with Crippen molar-refractivity contribution in [2.75, 3.05) is 0 Å². The number of rotatable bonds is 2. The van der Waals surface area contributed by atoms with Crippen molar-refractivity contribution < 1.29 is 4.79 Å². The Morgan fingerprint density at radius 1 is 1.50 bits per heavy atom. The van der Waals surface area contributed by atoms with Crippen LogP contribution in [0.1, 0.15) is 10.5 Å². The van der Waals surface area contributed by atoms with Crippen molar-refractivity contribution in [1.29, 1.82) is 0 Å². The first-order valence-corrected chi connectivity index (χ1v) is 4.03. The Labute approximate surface area is 80.0 Å². The van der Waals surface area contributed by atoms with E-state index in [4.69, 9.17) is 5.73 Å². The Hall–Kier alpha value is -2.17. The summed E-state index contributed by atoms with van der Waals surface area (Å²) in [5.41, 5.74) is 6.88. The van der Waals surface area contributed by atoms with Gasteiger partial charge in [0.05, 0.1) is 5.69 Å². The van der Waals surface area contributed by atoms with Gasteiger partial charge in [-0.1, -0.05) is 0 Å². The van der Waals surface area contributed by atoms with E-state index in [9.17, 15) is 4.79 Å². The summed E-state index contributed by atoms with van der Waals surface area (Å²) in [6.45, 7) is 0. The first-order valence-electron chi connectivity index (χ1n) is 4.03. The molecule has 2 rings (SSSR count). The zero-order valence-corrected chi connectivity index (χ0v) is 7.27. The van der Waals surface area contributed by atoms with E-state index in [-0.39, 0.29) is 0 Å². The van der Waals surface area contributed by atoms with Gasteiger partial charge in [0.1, 0.15) is 5.69 Å². The van der Waals surface area contributed by atoms with Crippen molar-refractivity contribution in [3.05, 3.63) is 36.3 Å². The number of nitrogens with zero attached hydrogens (tertiary/aromatic N) is 2. The number of hydrogen-bond acceptors (Lipinski definition) is 3. The van der Waals surface area contributed by atoms with E-state index in [2.05, 4.69) is 15.2 Å². The van der Waals surface area contributed by atoms with Gasteiger partial charge in [0.2, 0.25) is 0 Å². The van der Waals surface area contributed by atoms with Crippen LogP contribution in [0.5, 0.6) is 0 Å². The molecule has 5 heteroatoms. The average molecular weight is 188 g/mol. The highest BCUT2D eigenvalue weighted by Gasteiger charge is 2.06. The zero-order chi connectivity index (χ0) is 9.97. The van der Waals surface area contributed by atoms with E-state index in [1.807, 2.05) is 6.07 Å². The summed E-state index contributed by atoms with van der Waals surface area (Å²) in [4.78, 5) is 14.7. The highest BCUT2D eigenvalue weighted by molar-refractivity contribution is 5.91. The summed E-state index contributed by atoms with van der Waals surface area (Å²) in [6.07, 6.45) is 3.34. The van der Waals surface area contributed by atoms with Gasteiger partial charge >= 0.3 is 0 Å². The van der Waals surface area contributed by atoms with Crippen molar-refractivity contribution in [1.82, 2.24) is 15.2 Å². The van der Waals surface area contributed by atoms with Gasteiger partial charge in [-0.15, -0.1) is 0 Å². The molecule has 0 aliphatic rings. The molecule has 1 amide bonds. The molecule has 0 fully saturated rings. The lowest BCUT2D eigenvalue weighted by atomic mass is 10.2. The standard InChI is InChI=1S/C9H8N4O/c10-9(14)8-4-7(12-13-8)6-2-1-3-11-5-6/h1-5H,(H2,10,14)(H,12,13). The van der Waals surface area contributed by atoms with Gasteiger partial charge in [0, 0.05) is 18.0 Å². The van der Waals surface area contributed by atoms with Crippen LogP contribution in [0.2, 0.25) is 0 Å². The van der Waals surface area contributed by atoms with Crippen LogP contribution in [0.4, 0.5) is 0 Å². The molecule has 0 radical (unpaired) electrons. The second-order valence-electron chi connectivity index (χ2n) is 2.77. The second kappa shape index (κ2) is 3.29. The lowest BCUT2D eigenvalue weighted by Gasteiger charge is -1.91. The van der Waals surface area contributed by atoms with Gasteiger partial charge in [-0.05, 0) is 18.2 Å². The predicted octanol–water partition coefficient (Wildman–Crippen LogP) is 0.571. The number of H-pyrrole nitrogens is 1. The molecule has 0 atom stereocenters. The molecule has 0 spiro atoms. The summed E-state index contributed by atoms with van der Waals surface area (Å²) < 4.78 is 0. The fourth-order valence-corrected chi connectivity index (χ4v) is 1.11. The van der Waals surface area contributed by atoms with Gasteiger partial charge in [0.15, 0.2) is 0 Å². The third-order valence-electron chi connectivity index (χ3n) is 1.80. The average Bonchev–Trinajstić information content (AvgIpc) is 2.68. The Balaban J connectivity index is 2.39. The number of nitrogens with two attached hydrogens (primary N) is 1. The molecule has 14 heavy (non-hydrogen) atoms. The molecule has 0 saturated carbocycles. The van der Waals surface area contributed by atoms with E-state index < -0.39 is 5.91 Å². The fourth-order valence-electron chi connectivity index (χ4n) is 1.11. The Bertz CT molecular complexity index is 449. The van der Waals surface area contributed by atoms with Gasteiger partial charge in [0.25, 0.3) is 5.91 Å². The molecule has 0 unspecified atom stereocenters. The molecule has 3 N–H and O–H groups in total. The molecular weight excluding hydrogens is 180 g/mol. The predicted molar refractivity (Wildman–Crippen MR) is 50.3 cm³/mol. The van der Waals surface area contributed by atoms with E-state index in [0.29, 0.717) is 11.4 Å². The summed E-state index contributed by atoms with van der Waals surface area (Å²) in [5.74, 6) is -0.521. The second-order valence-corrected chi connectivity index (χ2v) is 2.77. The maximum absolute atomic E-state index is 10.8. The van der Waals surface area contributed by atoms with Crippen LogP contribution in [0, 0.1) is 0 Å². The zero-order valence-electron chi connectivity index (χ0n) is 7.27. The maximum atomic E-state index is 10.8. The maximum Gasteiger partial charge on any atom is 0.266 e. The van der Waals surface area contributed by atoms with Crippen LogP contribution in [0.3, 0.4) is 0 Å². The van der Waals surface area contributed by atoms with Crippen LogP contribution >= 0.6 is 0 Å². The lowest BCUT2D eigenvalue weighted by molar-refractivity contribution is 0.0995. The molecule has 5 nitrogen and oxygen atoms in total. The van der Waals surface area contributed by atoms with Crippen molar-refractivity contribution in [3.8, 4) is 11.3 Å². The summed E-state index contributed by atoms with van der Waals surface area (Å²) in [6, 6.07) is 5.25. The number of pyridine rings is 1. The number of carbonyl (C=O) groups is 1. The largest absolute Gasteiger partial charge is 0.364 e. The van der Waals surface area contributed by atoms with E-state index >= 15 is 0 Å². The summed E-state index contributed by atoms with van der Waals surface area (Å²) in [7, 11) is 0. The van der Waals surface area contributed by atoms with Crippen molar-refractivity contribution >= 4 is 5.91 Å². The molecule has 0 saturated heterocycles. The molecule has 0 aliphatic heterocycles. The van der Waals surface area contributed by atoms with Gasteiger partial charge in [-0.2, -0.15) is 5.10 Å². The quantitative estimate of drug-likeness (QED) is 0.722. The third kappa shape index (κ3) is 1.47. The first kappa shape index (κ1) is 8.43. The number of aromatic nitrogens is 3. The number of primary amides is 1. The topological polar surface area (TPSA) is 84.7 Å². The minimum Gasteiger partial charge on any atom is -0.364 e. The Morgan fingerprint density at radius 3 is 2.93 bits per heavy atom. The molecule has 2 aromatic heterocycles. The minimum absolute atomic E-state index is 0.295. The van der Waals surface area contributed by atoms with Crippen LogP contribution in [-0.2, 0) is 0 Å².